The molecule has 9 heteroatoms. The molecular formula is C24H22N4O4S. The van der Waals surface area contributed by atoms with Crippen LogP contribution in [0.4, 0.5) is 0 Å². The minimum atomic E-state index is -0.400. The molecule has 1 saturated heterocycles. The van der Waals surface area contributed by atoms with Gasteiger partial charge in [0.15, 0.2) is 11.5 Å². The molecule has 3 aromatic rings. The third-order valence-corrected chi connectivity index (χ3v) is 6.85. The lowest BCUT2D eigenvalue weighted by Gasteiger charge is -2.35. The lowest BCUT2D eigenvalue weighted by Crippen LogP contribution is -2.48. The molecule has 5 rings (SSSR count). The Bertz CT molecular complexity index is 1340. The Morgan fingerprint density at radius 3 is 2.67 bits per heavy atom. The van der Waals surface area contributed by atoms with Gasteiger partial charge in [-0.3, -0.25) is 18.9 Å². The molecule has 0 N–H and O–H groups in total. The highest BCUT2D eigenvalue weighted by Crippen LogP contribution is 2.33. The molecule has 0 bridgehead atoms. The van der Waals surface area contributed by atoms with Gasteiger partial charge in [-0.2, -0.15) is 5.26 Å². The van der Waals surface area contributed by atoms with E-state index < -0.39 is 5.56 Å². The molecule has 0 saturated carbocycles. The number of nitriles is 1. The molecule has 4 heterocycles. The second-order valence-corrected chi connectivity index (χ2v) is 8.73. The van der Waals surface area contributed by atoms with Crippen LogP contribution in [-0.4, -0.2) is 59.3 Å². The topological polar surface area (TPSA) is 87.3 Å². The summed E-state index contributed by atoms with van der Waals surface area (Å²) in [7, 11) is 0. The molecule has 1 aromatic carbocycles. The van der Waals surface area contributed by atoms with Crippen molar-refractivity contribution in [2.75, 3.05) is 39.2 Å². The minimum absolute atomic E-state index is 0.0102. The first kappa shape index (κ1) is 21.4. The first-order valence-electron chi connectivity index (χ1n) is 10.6. The summed E-state index contributed by atoms with van der Waals surface area (Å²) in [6, 6.07) is 13.2. The maximum Gasteiger partial charge on any atom is 0.274 e. The number of ether oxygens (including phenoxy) is 2. The van der Waals surface area contributed by atoms with Crippen LogP contribution in [-0.2, 0) is 6.54 Å². The van der Waals surface area contributed by atoms with Gasteiger partial charge in [-0.15, -0.1) is 11.8 Å². The second kappa shape index (κ2) is 8.81. The van der Waals surface area contributed by atoms with Crippen molar-refractivity contribution in [1.29, 1.82) is 5.26 Å². The largest absolute Gasteiger partial charge is 0.454 e. The van der Waals surface area contributed by atoms with Crippen molar-refractivity contribution in [2.45, 2.75) is 11.4 Å². The average Bonchev–Trinajstić information content (AvgIpc) is 3.32. The Morgan fingerprint density at radius 1 is 1.12 bits per heavy atom. The van der Waals surface area contributed by atoms with Gasteiger partial charge in [-0.25, -0.2) is 0 Å². The van der Waals surface area contributed by atoms with Crippen LogP contribution in [0, 0.1) is 11.3 Å². The van der Waals surface area contributed by atoms with E-state index in [0.717, 1.165) is 36.7 Å². The first-order valence-corrected chi connectivity index (χ1v) is 11.8. The Labute approximate surface area is 194 Å². The van der Waals surface area contributed by atoms with E-state index in [1.807, 2.05) is 29.2 Å². The van der Waals surface area contributed by atoms with Crippen molar-refractivity contribution in [3.8, 4) is 17.6 Å². The standard InChI is InChI=1S/C24H22N4O4S/c1-33-22-17(13-25)23(29)28-7-3-2-4-18(28)21(22)24(30)27-10-8-26(9-11-27)14-16-5-6-19-20(12-16)32-15-31-19/h2-7,12H,8-11,14-15H2,1H3. The number of thioether (sulfide) groups is 1. The summed E-state index contributed by atoms with van der Waals surface area (Å²) in [5, 5.41) is 9.61. The van der Waals surface area contributed by atoms with E-state index in [1.165, 1.54) is 16.2 Å². The van der Waals surface area contributed by atoms with Crippen LogP contribution in [0.15, 0.2) is 52.3 Å². The summed E-state index contributed by atoms with van der Waals surface area (Å²) in [4.78, 5) is 30.9. The van der Waals surface area contributed by atoms with Gasteiger partial charge in [0.2, 0.25) is 6.79 Å². The van der Waals surface area contributed by atoms with Crippen LogP contribution in [0.2, 0.25) is 0 Å². The third-order valence-electron chi connectivity index (χ3n) is 6.04. The van der Waals surface area contributed by atoms with Crippen molar-refractivity contribution in [2.24, 2.45) is 0 Å². The number of pyridine rings is 2. The highest BCUT2D eigenvalue weighted by molar-refractivity contribution is 7.98. The van der Waals surface area contributed by atoms with Gasteiger partial charge < -0.3 is 14.4 Å². The summed E-state index contributed by atoms with van der Waals surface area (Å²) < 4.78 is 12.2. The van der Waals surface area contributed by atoms with Gasteiger partial charge in [0.05, 0.1) is 11.1 Å². The van der Waals surface area contributed by atoms with Gasteiger partial charge in [0.25, 0.3) is 11.5 Å². The number of piperazine rings is 1. The van der Waals surface area contributed by atoms with Crippen LogP contribution in [0.5, 0.6) is 11.5 Å². The van der Waals surface area contributed by atoms with Crippen molar-refractivity contribution in [3.63, 3.8) is 0 Å². The number of hydrogen-bond acceptors (Lipinski definition) is 7. The number of nitrogens with zero attached hydrogens (tertiary/aromatic N) is 4. The Morgan fingerprint density at radius 2 is 1.91 bits per heavy atom. The summed E-state index contributed by atoms with van der Waals surface area (Å²) in [5.41, 5.74) is 1.69. The fraction of sp³-hybridized carbons (Fsp3) is 0.292. The van der Waals surface area contributed by atoms with Crippen molar-refractivity contribution < 1.29 is 14.3 Å². The number of carbonyl (C=O) groups is 1. The molecule has 8 nitrogen and oxygen atoms in total. The quantitative estimate of drug-likeness (QED) is 0.551. The van der Waals surface area contributed by atoms with Crippen LogP contribution in [0.1, 0.15) is 21.5 Å². The molecule has 0 atom stereocenters. The lowest BCUT2D eigenvalue weighted by molar-refractivity contribution is 0.0626. The molecule has 0 radical (unpaired) electrons. The average molecular weight is 463 g/mol. The van der Waals surface area contributed by atoms with Crippen molar-refractivity contribution >= 4 is 23.2 Å². The van der Waals surface area contributed by atoms with E-state index in [2.05, 4.69) is 4.90 Å². The summed E-state index contributed by atoms with van der Waals surface area (Å²) in [6.07, 6.45) is 3.39. The number of benzene rings is 1. The monoisotopic (exact) mass is 462 g/mol. The first-order chi connectivity index (χ1) is 16.1. The fourth-order valence-electron chi connectivity index (χ4n) is 4.36. The maximum atomic E-state index is 13.6. The van der Waals surface area contributed by atoms with Crippen molar-refractivity contribution in [3.05, 3.63) is 69.6 Å². The molecule has 0 spiro atoms. The van der Waals surface area contributed by atoms with Crippen LogP contribution >= 0.6 is 11.8 Å². The molecule has 2 aliphatic heterocycles. The molecule has 2 aromatic heterocycles. The summed E-state index contributed by atoms with van der Waals surface area (Å²) >= 11 is 1.26. The molecule has 0 unspecified atom stereocenters. The molecular weight excluding hydrogens is 440 g/mol. The van der Waals surface area contributed by atoms with E-state index in [4.69, 9.17) is 9.47 Å². The molecule has 168 valence electrons. The SMILES string of the molecule is CSc1c(C#N)c(=O)n2ccccc2c1C(=O)N1CCN(Cc2ccc3c(c2)OCO3)CC1. The minimum Gasteiger partial charge on any atom is -0.454 e. The highest BCUT2D eigenvalue weighted by Gasteiger charge is 2.28. The summed E-state index contributed by atoms with van der Waals surface area (Å²) in [5.74, 6) is 1.39. The zero-order valence-corrected chi connectivity index (χ0v) is 18.9. The normalized spacial score (nSPS) is 15.6. The van der Waals surface area contributed by atoms with E-state index in [-0.39, 0.29) is 18.3 Å². The predicted octanol–water partition coefficient (Wildman–Crippen LogP) is 2.58. The molecule has 2 aliphatic rings. The van der Waals surface area contributed by atoms with E-state index in [1.54, 1.807) is 30.7 Å². The Kier molecular flexibility index (Phi) is 5.70. The van der Waals surface area contributed by atoms with E-state index in [9.17, 15) is 14.9 Å². The predicted molar refractivity (Wildman–Crippen MR) is 124 cm³/mol. The number of carbonyl (C=O) groups excluding carboxylic acids is 1. The third kappa shape index (κ3) is 3.81. The molecule has 0 aliphatic carbocycles. The van der Waals surface area contributed by atoms with Crippen LogP contribution in [0.3, 0.4) is 0 Å². The Hall–Kier alpha value is -3.48. The van der Waals surface area contributed by atoms with Gasteiger partial charge >= 0.3 is 0 Å². The highest BCUT2D eigenvalue weighted by atomic mass is 32.2. The Balaban J connectivity index is 1.37. The summed E-state index contributed by atoms with van der Waals surface area (Å²) in [6.45, 7) is 3.60. The zero-order valence-electron chi connectivity index (χ0n) is 18.1. The number of amides is 1. The molecule has 1 amide bonds. The molecule has 1 fully saturated rings. The van der Waals surface area contributed by atoms with E-state index >= 15 is 0 Å². The van der Waals surface area contributed by atoms with Gasteiger partial charge in [-0.05, 0) is 36.1 Å². The number of aromatic nitrogens is 1. The van der Waals surface area contributed by atoms with Crippen molar-refractivity contribution in [1.82, 2.24) is 14.2 Å². The number of rotatable bonds is 4. The van der Waals surface area contributed by atoms with E-state index in [0.29, 0.717) is 29.1 Å². The lowest BCUT2D eigenvalue weighted by atomic mass is 10.1. The van der Waals surface area contributed by atoms with Crippen LogP contribution < -0.4 is 15.0 Å². The van der Waals surface area contributed by atoms with Gasteiger partial charge in [-0.1, -0.05) is 12.1 Å². The van der Waals surface area contributed by atoms with Gasteiger partial charge in [0, 0.05) is 43.8 Å². The molecule has 33 heavy (non-hydrogen) atoms. The number of hydrogen-bond donors (Lipinski definition) is 0. The van der Waals surface area contributed by atoms with Gasteiger partial charge in [0.1, 0.15) is 11.6 Å². The van der Waals surface area contributed by atoms with Crippen LogP contribution in [0.25, 0.3) is 5.52 Å². The second-order valence-electron chi connectivity index (χ2n) is 7.91. The number of fused-ring (bicyclic) bond motifs is 2. The maximum absolute atomic E-state index is 13.6. The zero-order chi connectivity index (χ0) is 22.9. The smallest absolute Gasteiger partial charge is 0.274 e. The fourth-order valence-corrected chi connectivity index (χ4v) is 5.09.